The molecule has 2 heteroatoms. The smallest absolute Gasteiger partial charge is 0.0449 e. The number of nitrogens with one attached hydrogen (secondary N) is 1. The van der Waals surface area contributed by atoms with Gasteiger partial charge in [0.1, 0.15) is 0 Å². The van der Waals surface area contributed by atoms with E-state index in [9.17, 15) is 0 Å². The van der Waals surface area contributed by atoms with E-state index < -0.39 is 0 Å². The highest BCUT2D eigenvalue weighted by Crippen LogP contribution is 2.25. The van der Waals surface area contributed by atoms with Crippen LogP contribution in [-0.2, 0) is 0 Å². The van der Waals surface area contributed by atoms with E-state index in [0.717, 1.165) is 24.9 Å². The average molecular weight is 274 g/mol. The van der Waals surface area contributed by atoms with E-state index in [1.165, 1.54) is 31.5 Å². The van der Waals surface area contributed by atoms with Gasteiger partial charge in [-0.3, -0.25) is 0 Å². The SMILES string of the molecule is CCNC(CN1CCC(C(C)C)CC1)c1ccccc1. The summed E-state index contributed by atoms with van der Waals surface area (Å²) < 4.78 is 0. The summed E-state index contributed by atoms with van der Waals surface area (Å²) in [6, 6.07) is 11.3. The second-order valence-electron chi connectivity index (χ2n) is 6.40. The summed E-state index contributed by atoms with van der Waals surface area (Å²) >= 11 is 0. The van der Waals surface area contributed by atoms with Crippen LogP contribution in [0.4, 0.5) is 0 Å². The van der Waals surface area contributed by atoms with Gasteiger partial charge >= 0.3 is 0 Å². The molecular formula is C18H30N2. The Bertz CT molecular complexity index is 366. The lowest BCUT2D eigenvalue weighted by atomic mass is 9.86. The van der Waals surface area contributed by atoms with Gasteiger partial charge in [0.05, 0.1) is 0 Å². The van der Waals surface area contributed by atoms with Crippen molar-refractivity contribution in [3.63, 3.8) is 0 Å². The molecule has 1 aromatic carbocycles. The maximum absolute atomic E-state index is 3.64. The predicted molar refractivity (Wildman–Crippen MR) is 86.9 cm³/mol. The lowest BCUT2D eigenvalue weighted by Crippen LogP contribution is -2.40. The highest BCUT2D eigenvalue weighted by atomic mass is 15.2. The van der Waals surface area contributed by atoms with Gasteiger partial charge in [-0.2, -0.15) is 0 Å². The number of nitrogens with zero attached hydrogens (tertiary/aromatic N) is 1. The molecule has 0 aromatic heterocycles. The number of rotatable bonds is 6. The largest absolute Gasteiger partial charge is 0.309 e. The minimum atomic E-state index is 0.469. The monoisotopic (exact) mass is 274 g/mol. The standard InChI is InChI=1S/C18H30N2/c1-4-19-18(17-8-6-5-7-9-17)14-20-12-10-16(11-13-20)15(2)3/h5-9,15-16,18-19H,4,10-14H2,1-3H3. The zero-order chi connectivity index (χ0) is 14.4. The number of piperidine rings is 1. The Morgan fingerprint density at radius 3 is 2.35 bits per heavy atom. The van der Waals surface area contributed by atoms with Crippen LogP contribution >= 0.6 is 0 Å². The summed E-state index contributed by atoms with van der Waals surface area (Å²) in [6.45, 7) is 11.6. The van der Waals surface area contributed by atoms with Gasteiger partial charge in [-0.1, -0.05) is 51.1 Å². The van der Waals surface area contributed by atoms with Crippen molar-refractivity contribution < 1.29 is 0 Å². The van der Waals surface area contributed by atoms with Crippen LogP contribution in [0, 0.1) is 11.8 Å². The van der Waals surface area contributed by atoms with E-state index in [1.54, 1.807) is 0 Å². The van der Waals surface area contributed by atoms with Crippen LogP contribution in [0.25, 0.3) is 0 Å². The van der Waals surface area contributed by atoms with Crippen molar-refractivity contribution in [3.05, 3.63) is 35.9 Å². The van der Waals surface area contributed by atoms with Gasteiger partial charge in [0.15, 0.2) is 0 Å². The number of likely N-dealkylation sites (N-methyl/N-ethyl adjacent to an activating group) is 1. The van der Waals surface area contributed by atoms with E-state index in [2.05, 4.69) is 61.3 Å². The first kappa shape index (κ1) is 15.5. The summed E-state index contributed by atoms with van der Waals surface area (Å²) in [4.78, 5) is 2.64. The molecule has 2 rings (SSSR count). The minimum absolute atomic E-state index is 0.469. The molecule has 0 spiro atoms. The van der Waals surface area contributed by atoms with E-state index in [0.29, 0.717) is 6.04 Å². The number of likely N-dealkylation sites (tertiary alicyclic amines) is 1. The third-order valence-electron chi connectivity index (χ3n) is 4.67. The third-order valence-corrected chi connectivity index (χ3v) is 4.67. The molecule has 1 saturated heterocycles. The van der Waals surface area contributed by atoms with E-state index in [-0.39, 0.29) is 0 Å². The summed E-state index contributed by atoms with van der Waals surface area (Å²) in [5.41, 5.74) is 1.42. The molecule has 0 bridgehead atoms. The molecule has 2 nitrogen and oxygen atoms in total. The molecule has 0 aliphatic carbocycles. The molecule has 1 aliphatic rings. The van der Waals surface area contributed by atoms with Crippen LogP contribution in [0.3, 0.4) is 0 Å². The van der Waals surface area contributed by atoms with Crippen LogP contribution in [0.1, 0.15) is 45.2 Å². The molecular weight excluding hydrogens is 244 g/mol. The molecule has 0 amide bonds. The highest BCUT2D eigenvalue weighted by Gasteiger charge is 2.23. The number of hydrogen-bond acceptors (Lipinski definition) is 2. The zero-order valence-electron chi connectivity index (χ0n) is 13.3. The van der Waals surface area contributed by atoms with E-state index >= 15 is 0 Å². The Balaban J connectivity index is 1.90. The summed E-state index contributed by atoms with van der Waals surface area (Å²) in [5.74, 6) is 1.77. The van der Waals surface area contributed by atoms with Gasteiger partial charge in [-0.05, 0) is 49.9 Å². The Labute approximate surface area is 124 Å². The topological polar surface area (TPSA) is 15.3 Å². The molecule has 0 radical (unpaired) electrons. The Hall–Kier alpha value is -0.860. The van der Waals surface area contributed by atoms with E-state index in [4.69, 9.17) is 0 Å². The van der Waals surface area contributed by atoms with Crippen molar-refractivity contribution in [1.82, 2.24) is 10.2 Å². The normalized spacial score (nSPS) is 19.4. The molecule has 1 unspecified atom stereocenters. The van der Waals surface area contributed by atoms with Gasteiger partial charge in [0, 0.05) is 12.6 Å². The molecule has 112 valence electrons. The van der Waals surface area contributed by atoms with E-state index in [1.807, 2.05) is 0 Å². The van der Waals surface area contributed by atoms with Crippen molar-refractivity contribution in [2.45, 2.75) is 39.7 Å². The average Bonchev–Trinajstić information content (AvgIpc) is 2.48. The number of benzene rings is 1. The van der Waals surface area contributed by atoms with Crippen molar-refractivity contribution >= 4 is 0 Å². The second-order valence-corrected chi connectivity index (χ2v) is 6.40. The Morgan fingerprint density at radius 1 is 1.15 bits per heavy atom. The van der Waals surface area contributed by atoms with Crippen LogP contribution in [0.5, 0.6) is 0 Å². The van der Waals surface area contributed by atoms with Gasteiger partial charge in [0.2, 0.25) is 0 Å². The first-order chi connectivity index (χ1) is 9.70. The van der Waals surface area contributed by atoms with Crippen LogP contribution < -0.4 is 5.32 Å². The van der Waals surface area contributed by atoms with Crippen LogP contribution in [0.2, 0.25) is 0 Å². The second kappa shape index (κ2) is 7.80. The van der Waals surface area contributed by atoms with Crippen LogP contribution in [-0.4, -0.2) is 31.1 Å². The van der Waals surface area contributed by atoms with Gasteiger partial charge < -0.3 is 10.2 Å². The van der Waals surface area contributed by atoms with Gasteiger partial charge in [-0.15, -0.1) is 0 Å². The quantitative estimate of drug-likeness (QED) is 0.851. The van der Waals surface area contributed by atoms with Crippen molar-refractivity contribution in [2.75, 3.05) is 26.2 Å². The summed E-state index contributed by atoms with van der Waals surface area (Å²) in [6.07, 6.45) is 2.73. The fourth-order valence-electron chi connectivity index (χ4n) is 3.28. The fraction of sp³-hybridized carbons (Fsp3) is 0.667. The molecule has 1 fully saturated rings. The Morgan fingerprint density at radius 2 is 1.80 bits per heavy atom. The highest BCUT2D eigenvalue weighted by molar-refractivity contribution is 5.19. The lowest BCUT2D eigenvalue weighted by molar-refractivity contribution is 0.146. The number of hydrogen-bond donors (Lipinski definition) is 1. The third kappa shape index (κ3) is 4.32. The first-order valence-corrected chi connectivity index (χ1v) is 8.21. The van der Waals surface area contributed by atoms with Gasteiger partial charge in [-0.25, -0.2) is 0 Å². The van der Waals surface area contributed by atoms with Crippen molar-refractivity contribution in [2.24, 2.45) is 11.8 Å². The van der Waals surface area contributed by atoms with Crippen LogP contribution in [0.15, 0.2) is 30.3 Å². The molecule has 0 saturated carbocycles. The molecule has 1 aromatic rings. The molecule has 20 heavy (non-hydrogen) atoms. The summed E-state index contributed by atoms with van der Waals surface area (Å²) in [7, 11) is 0. The predicted octanol–water partition coefficient (Wildman–Crippen LogP) is 3.71. The summed E-state index contributed by atoms with van der Waals surface area (Å²) in [5, 5.41) is 3.64. The molecule has 1 aliphatic heterocycles. The molecule has 1 atom stereocenters. The first-order valence-electron chi connectivity index (χ1n) is 8.21. The van der Waals surface area contributed by atoms with Gasteiger partial charge in [0.25, 0.3) is 0 Å². The lowest BCUT2D eigenvalue weighted by Gasteiger charge is -2.36. The maximum atomic E-state index is 3.64. The molecule has 1 N–H and O–H groups in total. The van der Waals surface area contributed by atoms with Crippen molar-refractivity contribution in [3.8, 4) is 0 Å². The van der Waals surface area contributed by atoms with Crippen molar-refractivity contribution in [1.29, 1.82) is 0 Å². The minimum Gasteiger partial charge on any atom is -0.309 e. The maximum Gasteiger partial charge on any atom is 0.0449 e. The molecule has 1 heterocycles. The fourth-order valence-corrected chi connectivity index (χ4v) is 3.28. The Kier molecular flexibility index (Phi) is 6.06. The zero-order valence-corrected chi connectivity index (χ0v) is 13.3.